The number of benzene rings is 1. The molecule has 10 heteroatoms. The van der Waals surface area contributed by atoms with Gasteiger partial charge in [-0.2, -0.15) is 0 Å². The number of carbonyl (C=O) groups is 4. The minimum absolute atomic E-state index is 0.00758. The number of amides is 3. The third-order valence-corrected chi connectivity index (χ3v) is 3.98. The van der Waals surface area contributed by atoms with E-state index >= 15 is 0 Å². The van der Waals surface area contributed by atoms with E-state index in [1.165, 1.54) is 7.11 Å². The summed E-state index contributed by atoms with van der Waals surface area (Å²) in [5, 5.41) is 7.30. The highest BCUT2D eigenvalue weighted by Crippen LogP contribution is 2.07. The van der Waals surface area contributed by atoms with Crippen molar-refractivity contribution in [2.75, 3.05) is 13.7 Å². The minimum Gasteiger partial charge on any atom is -0.469 e. The van der Waals surface area contributed by atoms with Crippen LogP contribution in [0.3, 0.4) is 0 Å². The molecule has 3 amide bonds. The summed E-state index contributed by atoms with van der Waals surface area (Å²) < 4.78 is 14.8. The molecule has 0 spiro atoms. The summed E-state index contributed by atoms with van der Waals surface area (Å²) in [5.74, 6) is -0.908. The van der Waals surface area contributed by atoms with E-state index in [9.17, 15) is 19.2 Å². The Morgan fingerprint density at radius 3 is 2.22 bits per heavy atom. The second-order valence-electron chi connectivity index (χ2n) is 7.96. The first kappa shape index (κ1) is 26.7. The van der Waals surface area contributed by atoms with Crippen LogP contribution < -0.4 is 16.0 Å². The summed E-state index contributed by atoms with van der Waals surface area (Å²) in [6.07, 6.45) is -0.869. The van der Waals surface area contributed by atoms with Crippen LogP contribution in [0, 0.1) is 0 Å². The van der Waals surface area contributed by atoms with Gasteiger partial charge in [-0.05, 0) is 39.2 Å². The average molecular weight is 452 g/mol. The molecule has 0 aromatic heterocycles. The fourth-order valence-corrected chi connectivity index (χ4v) is 2.46. The van der Waals surface area contributed by atoms with E-state index in [2.05, 4.69) is 20.7 Å². The number of methoxy groups -OCH3 is 1. The number of ether oxygens (including phenoxy) is 3. The first-order valence-electron chi connectivity index (χ1n) is 10.4. The van der Waals surface area contributed by atoms with E-state index < -0.39 is 29.9 Å². The number of esters is 1. The van der Waals surface area contributed by atoms with Gasteiger partial charge < -0.3 is 19.5 Å². The zero-order valence-electron chi connectivity index (χ0n) is 19.1. The van der Waals surface area contributed by atoms with E-state index in [1.807, 2.05) is 18.2 Å². The molecule has 3 N–H and O–H groups in total. The zero-order chi connectivity index (χ0) is 24.0. The largest absolute Gasteiger partial charge is 0.469 e. The molecule has 10 nitrogen and oxygen atoms in total. The van der Waals surface area contributed by atoms with Gasteiger partial charge in [0.2, 0.25) is 0 Å². The number of rotatable bonds is 11. The lowest BCUT2D eigenvalue weighted by Crippen LogP contribution is -2.57. The second kappa shape index (κ2) is 13.9. The highest BCUT2D eigenvalue weighted by atomic mass is 16.6. The van der Waals surface area contributed by atoms with Crippen molar-refractivity contribution in [3.63, 3.8) is 0 Å². The molecule has 0 unspecified atom stereocenters. The fraction of sp³-hybridized carbons (Fsp3) is 0.545. The van der Waals surface area contributed by atoms with E-state index in [4.69, 9.17) is 9.47 Å². The number of hydrogen-bond donors (Lipinski definition) is 3. The molecule has 0 heterocycles. The van der Waals surface area contributed by atoms with Crippen molar-refractivity contribution >= 4 is 24.1 Å². The van der Waals surface area contributed by atoms with E-state index in [0.717, 1.165) is 5.56 Å². The molecule has 0 radical (unpaired) electrons. The Balaban J connectivity index is 2.56. The highest BCUT2D eigenvalue weighted by molar-refractivity contribution is 5.88. The molecule has 178 valence electrons. The molecule has 0 aliphatic heterocycles. The van der Waals surface area contributed by atoms with Crippen molar-refractivity contribution in [3.8, 4) is 0 Å². The van der Waals surface area contributed by atoms with Crippen molar-refractivity contribution in [2.45, 2.75) is 64.8 Å². The van der Waals surface area contributed by atoms with E-state index in [1.54, 1.807) is 32.9 Å². The Labute approximate surface area is 188 Å². The topological polar surface area (TPSA) is 132 Å². The van der Waals surface area contributed by atoms with Crippen LogP contribution in [0.15, 0.2) is 30.3 Å². The van der Waals surface area contributed by atoms with Gasteiger partial charge in [0.25, 0.3) is 5.91 Å². The molecule has 0 saturated carbocycles. The third kappa shape index (κ3) is 12.4. The number of nitrogens with one attached hydrogen (secondary N) is 3. The van der Waals surface area contributed by atoms with Gasteiger partial charge in [0.1, 0.15) is 12.2 Å². The van der Waals surface area contributed by atoms with Crippen molar-refractivity contribution in [1.82, 2.24) is 16.0 Å². The lowest BCUT2D eigenvalue weighted by atomic mass is 10.2. The van der Waals surface area contributed by atoms with Gasteiger partial charge in [0.05, 0.1) is 7.11 Å². The van der Waals surface area contributed by atoms with Crippen LogP contribution in [0.1, 0.15) is 52.0 Å². The monoisotopic (exact) mass is 451 g/mol. The lowest BCUT2D eigenvalue weighted by Gasteiger charge is -2.23. The first-order valence-corrected chi connectivity index (χ1v) is 10.4. The summed E-state index contributed by atoms with van der Waals surface area (Å²) in [6, 6.07) is 9.03. The van der Waals surface area contributed by atoms with Gasteiger partial charge in [-0.15, -0.1) is 0 Å². The molecule has 0 aliphatic carbocycles. The van der Waals surface area contributed by atoms with Gasteiger partial charge in [0.15, 0.2) is 6.17 Å². The molecule has 0 saturated heterocycles. The predicted molar refractivity (Wildman–Crippen MR) is 116 cm³/mol. The summed E-state index contributed by atoms with van der Waals surface area (Å²) in [6.45, 7) is 5.34. The quantitative estimate of drug-likeness (QED) is 0.204. The summed E-state index contributed by atoms with van der Waals surface area (Å²) in [4.78, 5) is 47.9. The second-order valence-corrected chi connectivity index (χ2v) is 7.96. The van der Waals surface area contributed by atoms with Gasteiger partial charge >= 0.3 is 18.2 Å². The lowest BCUT2D eigenvalue weighted by molar-refractivity contribution is -0.140. The van der Waals surface area contributed by atoms with Crippen molar-refractivity contribution in [3.05, 3.63) is 35.9 Å². The van der Waals surface area contributed by atoms with Gasteiger partial charge in [-0.3, -0.25) is 20.2 Å². The Hall–Kier alpha value is -3.30. The summed E-state index contributed by atoms with van der Waals surface area (Å²) in [7, 11) is 1.33. The Kier molecular flexibility index (Phi) is 11.6. The van der Waals surface area contributed by atoms with Crippen LogP contribution in [0.5, 0.6) is 0 Å². The fourth-order valence-electron chi connectivity index (χ4n) is 2.46. The SMILES string of the molecule is COC(=O)CCCCCNC(=O)[C@@H](NC(=O)OCc1ccccc1)NC(=O)OC(C)(C)C. The van der Waals surface area contributed by atoms with Crippen molar-refractivity contribution in [1.29, 1.82) is 0 Å². The molecule has 0 aliphatic rings. The minimum atomic E-state index is -1.39. The summed E-state index contributed by atoms with van der Waals surface area (Å²) in [5.41, 5.74) is -0.00540. The maximum absolute atomic E-state index is 12.5. The number of hydrogen-bond acceptors (Lipinski definition) is 7. The Morgan fingerprint density at radius 2 is 1.59 bits per heavy atom. The molecule has 0 fully saturated rings. The van der Waals surface area contributed by atoms with Crippen molar-refractivity contribution in [2.24, 2.45) is 0 Å². The molecular formula is C22H33N3O7. The highest BCUT2D eigenvalue weighted by Gasteiger charge is 2.26. The standard InChI is InChI=1S/C22H33N3O7/c1-22(2,3)32-21(29)25-18(19(27)23-14-10-6-9-13-17(26)30-4)24-20(28)31-15-16-11-7-5-8-12-16/h5,7-8,11-12,18H,6,9-10,13-15H2,1-4H3,(H,23,27)(H,24,28)(H,25,29)/t18-/m0/s1. The van der Waals surface area contributed by atoms with Crippen LogP contribution >= 0.6 is 0 Å². The molecular weight excluding hydrogens is 418 g/mol. The first-order chi connectivity index (χ1) is 15.1. The average Bonchev–Trinajstić information content (AvgIpc) is 2.73. The third-order valence-electron chi connectivity index (χ3n) is 3.98. The summed E-state index contributed by atoms with van der Waals surface area (Å²) >= 11 is 0. The molecule has 1 rings (SSSR count). The van der Waals surface area contributed by atoms with Crippen LogP contribution in [0.2, 0.25) is 0 Å². The molecule has 1 atom stereocenters. The molecule has 1 aromatic carbocycles. The maximum Gasteiger partial charge on any atom is 0.409 e. The van der Waals surface area contributed by atoms with Crippen LogP contribution in [0.25, 0.3) is 0 Å². The van der Waals surface area contributed by atoms with Gasteiger partial charge in [-0.1, -0.05) is 36.8 Å². The van der Waals surface area contributed by atoms with Crippen LogP contribution in [0.4, 0.5) is 9.59 Å². The van der Waals surface area contributed by atoms with E-state index in [-0.39, 0.29) is 12.6 Å². The van der Waals surface area contributed by atoms with Crippen LogP contribution in [-0.4, -0.2) is 49.5 Å². The number of unbranched alkanes of at least 4 members (excludes halogenated alkanes) is 2. The molecule has 32 heavy (non-hydrogen) atoms. The zero-order valence-corrected chi connectivity index (χ0v) is 19.1. The maximum atomic E-state index is 12.5. The predicted octanol–water partition coefficient (Wildman–Crippen LogP) is 2.61. The Morgan fingerprint density at radius 1 is 0.938 bits per heavy atom. The van der Waals surface area contributed by atoms with Gasteiger partial charge in [0, 0.05) is 13.0 Å². The molecule has 1 aromatic rings. The van der Waals surface area contributed by atoms with Crippen LogP contribution in [-0.2, 0) is 30.4 Å². The normalized spacial score (nSPS) is 11.6. The van der Waals surface area contributed by atoms with Gasteiger partial charge in [-0.25, -0.2) is 9.59 Å². The molecule has 0 bridgehead atoms. The smallest absolute Gasteiger partial charge is 0.409 e. The number of alkyl carbamates (subject to hydrolysis) is 2. The Bertz CT molecular complexity index is 748. The van der Waals surface area contributed by atoms with E-state index in [0.29, 0.717) is 32.2 Å². The number of carbonyl (C=O) groups excluding carboxylic acids is 4. The van der Waals surface area contributed by atoms with Crippen molar-refractivity contribution < 1.29 is 33.4 Å².